The van der Waals surface area contributed by atoms with Crippen LogP contribution < -0.4 is 0 Å². The summed E-state index contributed by atoms with van der Waals surface area (Å²) in [6, 6.07) is 6.93. The van der Waals surface area contributed by atoms with E-state index >= 15 is 0 Å². The Hall–Kier alpha value is -1.26. The Bertz CT molecular complexity index is 495. The molecule has 2 nitrogen and oxygen atoms in total. The van der Waals surface area contributed by atoms with Gasteiger partial charge < -0.3 is 0 Å². The van der Waals surface area contributed by atoms with Crippen LogP contribution in [0.25, 0.3) is 0 Å². The van der Waals surface area contributed by atoms with Crippen molar-refractivity contribution >= 4 is 11.3 Å². The number of halogens is 1. The SMILES string of the molecule is Fc1ccc(C2CCN(Cc3nccs3)C2)cc1. The summed E-state index contributed by atoms with van der Waals surface area (Å²) in [6.45, 7) is 3.09. The molecule has 0 saturated carbocycles. The highest BCUT2D eigenvalue weighted by molar-refractivity contribution is 7.09. The van der Waals surface area contributed by atoms with E-state index in [1.54, 1.807) is 23.5 Å². The van der Waals surface area contributed by atoms with Crippen molar-refractivity contribution in [2.24, 2.45) is 0 Å². The number of aromatic nitrogens is 1. The summed E-state index contributed by atoms with van der Waals surface area (Å²) in [5.74, 6) is 0.377. The highest BCUT2D eigenvalue weighted by Gasteiger charge is 2.24. The van der Waals surface area contributed by atoms with Crippen LogP contribution in [0.5, 0.6) is 0 Å². The topological polar surface area (TPSA) is 16.1 Å². The number of hydrogen-bond acceptors (Lipinski definition) is 3. The van der Waals surface area contributed by atoms with Gasteiger partial charge in [-0.25, -0.2) is 9.37 Å². The highest BCUT2D eigenvalue weighted by atomic mass is 32.1. The van der Waals surface area contributed by atoms with Crippen molar-refractivity contribution in [2.45, 2.75) is 18.9 Å². The Labute approximate surface area is 110 Å². The van der Waals surface area contributed by atoms with E-state index in [1.165, 1.54) is 10.6 Å². The first-order chi connectivity index (χ1) is 8.81. The van der Waals surface area contributed by atoms with E-state index in [-0.39, 0.29) is 5.82 Å². The van der Waals surface area contributed by atoms with Crippen LogP contribution >= 0.6 is 11.3 Å². The summed E-state index contributed by atoms with van der Waals surface area (Å²) in [4.78, 5) is 6.74. The van der Waals surface area contributed by atoms with Gasteiger partial charge in [-0.2, -0.15) is 0 Å². The van der Waals surface area contributed by atoms with Gasteiger partial charge in [-0.05, 0) is 36.6 Å². The quantitative estimate of drug-likeness (QED) is 0.844. The molecule has 1 aliphatic rings. The van der Waals surface area contributed by atoms with Crippen LogP contribution in [0.2, 0.25) is 0 Å². The number of likely N-dealkylation sites (tertiary alicyclic amines) is 1. The van der Waals surface area contributed by atoms with Gasteiger partial charge in [0.15, 0.2) is 0 Å². The fourth-order valence-electron chi connectivity index (χ4n) is 2.51. The van der Waals surface area contributed by atoms with Gasteiger partial charge in [0.1, 0.15) is 10.8 Å². The van der Waals surface area contributed by atoms with Gasteiger partial charge >= 0.3 is 0 Å². The molecule has 0 radical (unpaired) electrons. The maximum Gasteiger partial charge on any atom is 0.123 e. The van der Waals surface area contributed by atoms with E-state index in [0.717, 1.165) is 26.1 Å². The highest BCUT2D eigenvalue weighted by Crippen LogP contribution is 2.28. The van der Waals surface area contributed by atoms with Crippen LogP contribution in [-0.2, 0) is 6.54 Å². The van der Waals surface area contributed by atoms with E-state index in [2.05, 4.69) is 9.88 Å². The fourth-order valence-corrected chi connectivity index (χ4v) is 3.16. The molecule has 0 aliphatic carbocycles. The second-order valence-electron chi connectivity index (χ2n) is 4.70. The van der Waals surface area contributed by atoms with Crippen LogP contribution in [0.15, 0.2) is 35.8 Å². The molecular weight excluding hydrogens is 247 g/mol. The van der Waals surface area contributed by atoms with E-state index in [4.69, 9.17) is 0 Å². The largest absolute Gasteiger partial charge is 0.296 e. The molecule has 2 heterocycles. The maximum absolute atomic E-state index is 12.9. The van der Waals surface area contributed by atoms with Crippen molar-refractivity contribution in [3.05, 3.63) is 52.2 Å². The summed E-state index contributed by atoms with van der Waals surface area (Å²) in [6.07, 6.45) is 3.00. The maximum atomic E-state index is 12.9. The number of rotatable bonds is 3. The van der Waals surface area contributed by atoms with Crippen molar-refractivity contribution in [2.75, 3.05) is 13.1 Å². The monoisotopic (exact) mass is 262 g/mol. The normalized spacial score (nSPS) is 20.4. The first kappa shape index (κ1) is 11.8. The number of nitrogens with zero attached hydrogens (tertiary/aromatic N) is 2. The van der Waals surface area contributed by atoms with Gasteiger partial charge in [-0.15, -0.1) is 11.3 Å². The molecule has 1 unspecified atom stereocenters. The molecule has 1 fully saturated rings. The zero-order chi connectivity index (χ0) is 12.4. The molecule has 4 heteroatoms. The molecule has 1 saturated heterocycles. The van der Waals surface area contributed by atoms with Gasteiger partial charge in [-0.1, -0.05) is 12.1 Å². The molecule has 1 aromatic carbocycles. The molecule has 0 N–H and O–H groups in total. The Balaban J connectivity index is 1.63. The van der Waals surface area contributed by atoms with E-state index < -0.39 is 0 Å². The zero-order valence-electron chi connectivity index (χ0n) is 10.1. The van der Waals surface area contributed by atoms with E-state index in [1.807, 2.05) is 23.7 Å². The summed E-state index contributed by atoms with van der Waals surface area (Å²) >= 11 is 1.71. The average Bonchev–Trinajstić information content (AvgIpc) is 3.02. The van der Waals surface area contributed by atoms with E-state index in [0.29, 0.717) is 5.92 Å². The average molecular weight is 262 g/mol. The van der Waals surface area contributed by atoms with Crippen molar-refractivity contribution in [3.8, 4) is 0 Å². The van der Waals surface area contributed by atoms with Gasteiger partial charge in [0.25, 0.3) is 0 Å². The van der Waals surface area contributed by atoms with Crippen LogP contribution in [0.1, 0.15) is 22.9 Å². The molecule has 18 heavy (non-hydrogen) atoms. The number of hydrogen-bond donors (Lipinski definition) is 0. The Morgan fingerprint density at radius 3 is 2.89 bits per heavy atom. The first-order valence-corrected chi connectivity index (χ1v) is 7.05. The smallest absolute Gasteiger partial charge is 0.123 e. The summed E-state index contributed by atoms with van der Waals surface area (Å²) in [5.41, 5.74) is 1.25. The minimum atomic E-state index is -0.156. The zero-order valence-corrected chi connectivity index (χ0v) is 10.9. The lowest BCUT2D eigenvalue weighted by molar-refractivity contribution is 0.326. The standard InChI is InChI=1S/C14H15FN2S/c15-13-3-1-11(2-4-13)12-5-7-17(9-12)10-14-16-6-8-18-14/h1-4,6,8,12H,5,7,9-10H2. The minimum absolute atomic E-state index is 0.156. The summed E-state index contributed by atoms with van der Waals surface area (Å²) < 4.78 is 12.9. The number of thiazole rings is 1. The molecule has 2 aromatic rings. The molecular formula is C14H15FN2S. The molecule has 0 bridgehead atoms. The molecule has 0 amide bonds. The Morgan fingerprint density at radius 1 is 1.33 bits per heavy atom. The van der Waals surface area contributed by atoms with Gasteiger partial charge in [-0.3, -0.25) is 4.90 Å². The lowest BCUT2D eigenvalue weighted by Crippen LogP contribution is -2.19. The Morgan fingerprint density at radius 2 is 2.17 bits per heavy atom. The van der Waals surface area contributed by atoms with Crippen molar-refractivity contribution in [3.63, 3.8) is 0 Å². The van der Waals surface area contributed by atoms with Gasteiger partial charge in [0, 0.05) is 18.1 Å². The lowest BCUT2D eigenvalue weighted by Gasteiger charge is -2.14. The third-order valence-corrected chi connectivity index (χ3v) is 4.22. The number of benzene rings is 1. The minimum Gasteiger partial charge on any atom is -0.296 e. The summed E-state index contributed by atoms with van der Waals surface area (Å²) in [7, 11) is 0. The second kappa shape index (κ2) is 5.16. The van der Waals surface area contributed by atoms with Crippen LogP contribution in [0.4, 0.5) is 4.39 Å². The summed E-state index contributed by atoms with van der Waals surface area (Å²) in [5, 5.41) is 3.19. The third-order valence-electron chi connectivity index (χ3n) is 3.46. The first-order valence-electron chi connectivity index (χ1n) is 6.17. The Kier molecular flexibility index (Phi) is 3.39. The molecule has 94 valence electrons. The molecule has 1 aromatic heterocycles. The lowest BCUT2D eigenvalue weighted by atomic mass is 9.99. The predicted octanol–water partition coefficient (Wildman–Crippen LogP) is 3.27. The van der Waals surface area contributed by atoms with Gasteiger partial charge in [0.05, 0.1) is 6.54 Å². The molecule has 3 rings (SSSR count). The van der Waals surface area contributed by atoms with Crippen LogP contribution in [0, 0.1) is 5.82 Å². The third kappa shape index (κ3) is 2.60. The van der Waals surface area contributed by atoms with E-state index in [9.17, 15) is 4.39 Å². The van der Waals surface area contributed by atoms with Crippen molar-refractivity contribution < 1.29 is 4.39 Å². The van der Waals surface area contributed by atoms with Gasteiger partial charge in [0.2, 0.25) is 0 Å². The molecule has 1 atom stereocenters. The molecule has 0 spiro atoms. The van der Waals surface area contributed by atoms with Crippen molar-refractivity contribution in [1.82, 2.24) is 9.88 Å². The predicted molar refractivity (Wildman–Crippen MR) is 71.1 cm³/mol. The van der Waals surface area contributed by atoms with Crippen molar-refractivity contribution in [1.29, 1.82) is 0 Å². The molecule has 1 aliphatic heterocycles. The van der Waals surface area contributed by atoms with Crippen LogP contribution in [0.3, 0.4) is 0 Å². The second-order valence-corrected chi connectivity index (χ2v) is 5.68. The van der Waals surface area contributed by atoms with Crippen LogP contribution in [-0.4, -0.2) is 23.0 Å². The fraction of sp³-hybridized carbons (Fsp3) is 0.357.